The quantitative estimate of drug-likeness (QED) is 0.810. The summed E-state index contributed by atoms with van der Waals surface area (Å²) in [6.45, 7) is 3.18. The van der Waals surface area contributed by atoms with Crippen LogP contribution in [-0.4, -0.2) is 23.0 Å². The van der Waals surface area contributed by atoms with E-state index < -0.39 is 0 Å². The van der Waals surface area contributed by atoms with Crippen LogP contribution in [0.25, 0.3) is 0 Å². The lowest BCUT2D eigenvalue weighted by Gasteiger charge is -2.11. The Morgan fingerprint density at radius 3 is 3.12 bits per heavy atom. The van der Waals surface area contributed by atoms with Crippen LogP contribution >= 0.6 is 23.1 Å². The molecule has 0 aliphatic heterocycles. The van der Waals surface area contributed by atoms with Crippen molar-refractivity contribution in [3.8, 4) is 0 Å². The lowest BCUT2D eigenvalue weighted by Crippen LogP contribution is -2.26. The second-order valence-electron chi connectivity index (χ2n) is 4.51. The summed E-state index contributed by atoms with van der Waals surface area (Å²) in [5.74, 6) is 2.03. The largest absolute Gasteiger partial charge is 0.309 e. The Bertz CT molecular complexity index is 321. The Morgan fingerprint density at radius 1 is 1.62 bits per heavy atom. The van der Waals surface area contributed by atoms with Crippen molar-refractivity contribution < 1.29 is 0 Å². The zero-order valence-corrected chi connectivity index (χ0v) is 11.7. The minimum Gasteiger partial charge on any atom is -0.309 e. The maximum atomic E-state index is 4.68. The fraction of sp³-hybridized carbons (Fsp3) is 0.750. The Kier molecular flexibility index (Phi) is 4.67. The molecule has 4 heteroatoms. The molecule has 0 spiro atoms. The third-order valence-electron chi connectivity index (χ3n) is 2.88. The summed E-state index contributed by atoms with van der Waals surface area (Å²) in [6.07, 6.45) is 6.10. The third kappa shape index (κ3) is 3.75. The predicted octanol–water partition coefficient (Wildman–Crippen LogP) is 3.25. The zero-order valence-electron chi connectivity index (χ0n) is 10.0. The minimum atomic E-state index is 0.596. The first-order chi connectivity index (χ1) is 7.79. The summed E-state index contributed by atoms with van der Waals surface area (Å²) in [4.78, 5) is 4.68. The number of hydrogen-bond donors (Lipinski definition) is 1. The van der Waals surface area contributed by atoms with Gasteiger partial charge >= 0.3 is 0 Å². The van der Waals surface area contributed by atoms with E-state index >= 15 is 0 Å². The van der Waals surface area contributed by atoms with Crippen LogP contribution in [-0.2, 0) is 6.54 Å². The molecule has 0 amide bonds. The van der Waals surface area contributed by atoms with Crippen LogP contribution in [0.2, 0.25) is 0 Å². The summed E-state index contributed by atoms with van der Waals surface area (Å²) >= 11 is 3.75. The average Bonchev–Trinajstić information content (AvgIpc) is 3.03. The monoisotopic (exact) mass is 256 g/mol. The van der Waals surface area contributed by atoms with Crippen molar-refractivity contribution >= 4 is 23.1 Å². The number of aromatic nitrogens is 1. The number of thioether (sulfide) groups is 1. The first kappa shape index (κ1) is 12.4. The molecule has 2 rings (SSSR count). The molecule has 0 aromatic carbocycles. The Labute approximate surface area is 106 Å². The summed E-state index contributed by atoms with van der Waals surface area (Å²) in [7, 11) is 0. The summed E-state index contributed by atoms with van der Waals surface area (Å²) in [5, 5.41) is 7.10. The molecule has 1 atom stereocenters. The zero-order chi connectivity index (χ0) is 11.4. The fourth-order valence-corrected chi connectivity index (χ4v) is 3.18. The number of thiazole rings is 1. The highest BCUT2D eigenvalue weighted by Gasteiger charge is 2.26. The first-order valence-corrected chi connectivity index (χ1v) is 8.23. The molecule has 1 aliphatic carbocycles. The summed E-state index contributed by atoms with van der Waals surface area (Å²) < 4.78 is 0. The standard InChI is InChI=1S/C12H20N2S2/c1-9(5-6-15-2)13-7-11-8-16-12(14-11)10-3-4-10/h8-10,13H,3-7H2,1-2H3. The lowest BCUT2D eigenvalue weighted by molar-refractivity contribution is 0.533. The normalized spacial score (nSPS) is 17.6. The van der Waals surface area contributed by atoms with Gasteiger partial charge in [0.05, 0.1) is 10.7 Å². The Balaban J connectivity index is 1.71. The van der Waals surface area contributed by atoms with E-state index in [1.165, 1.54) is 35.7 Å². The number of nitrogens with zero attached hydrogens (tertiary/aromatic N) is 1. The highest BCUT2D eigenvalue weighted by Crippen LogP contribution is 2.41. The summed E-state index contributed by atoms with van der Waals surface area (Å²) in [6, 6.07) is 0.596. The number of hydrogen-bond acceptors (Lipinski definition) is 4. The van der Waals surface area contributed by atoms with Gasteiger partial charge in [0.1, 0.15) is 0 Å². The smallest absolute Gasteiger partial charge is 0.0959 e. The topological polar surface area (TPSA) is 24.9 Å². The molecule has 0 saturated heterocycles. The van der Waals surface area contributed by atoms with Crippen molar-refractivity contribution in [3.63, 3.8) is 0 Å². The molecule has 16 heavy (non-hydrogen) atoms. The molecule has 2 nitrogen and oxygen atoms in total. The molecule has 90 valence electrons. The molecule has 1 N–H and O–H groups in total. The molecule has 1 aromatic heterocycles. The molecule has 0 radical (unpaired) electrons. The minimum absolute atomic E-state index is 0.596. The van der Waals surface area contributed by atoms with Crippen LogP contribution in [0.5, 0.6) is 0 Å². The van der Waals surface area contributed by atoms with Crippen LogP contribution < -0.4 is 5.32 Å². The van der Waals surface area contributed by atoms with E-state index in [2.05, 4.69) is 28.9 Å². The fourth-order valence-electron chi connectivity index (χ4n) is 1.60. The van der Waals surface area contributed by atoms with Crippen molar-refractivity contribution in [2.45, 2.75) is 44.7 Å². The predicted molar refractivity (Wildman–Crippen MR) is 73.4 cm³/mol. The van der Waals surface area contributed by atoms with E-state index in [1.807, 2.05) is 23.1 Å². The lowest BCUT2D eigenvalue weighted by atomic mass is 10.2. The Hall–Kier alpha value is -0.0600. The molecular weight excluding hydrogens is 236 g/mol. The van der Waals surface area contributed by atoms with Gasteiger partial charge in [-0.2, -0.15) is 11.8 Å². The van der Waals surface area contributed by atoms with Crippen LogP contribution in [0, 0.1) is 0 Å². The first-order valence-electron chi connectivity index (χ1n) is 5.96. The second kappa shape index (κ2) is 6.03. The SMILES string of the molecule is CSCCC(C)NCc1csc(C2CC2)n1. The van der Waals surface area contributed by atoms with Gasteiger partial charge in [0.15, 0.2) is 0 Å². The van der Waals surface area contributed by atoms with Crippen molar-refractivity contribution in [1.29, 1.82) is 0 Å². The maximum Gasteiger partial charge on any atom is 0.0959 e. The molecular formula is C12H20N2S2. The van der Waals surface area contributed by atoms with Gasteiger partial charge in [0.2, 0.25) is 0 Å². The Morgan fingerprint density at radius 2 is 2.44 bits per heavy atom. The van der Waals surface area contributed by atoms with E-state index in [-0.39, 0.29) is 0 Å². The van der Waals surface area contributed by atoms with Crippen molar-refractivity contribution in [2.24, 2.45) is 0 Å². The maximum absolute atomic E-state index is 4.68. The average molecular weight is 256 g/mol. The van der Waals surface area contributed by atoms with E-state index in [1.54, 1.807) is 0 Å². The van der Waals surface area contributed by atoms with Gasteiger partial charge in [0, 0.05) is 23.9 Å². The van der Waals surface area contributed by atoms with Crippen molar-refractivity contribution in [2.75, 3.05) is 12.0 Å². The van der Waals surface area contributed by atoms with Crippen LogP contribution in [0.4, 0.5) is 0 Å². The molecule has 1 heterocycles. The molecule has 1 fully saturated rings. The van der Waals surface area contributed by atoms with Gasteiger partial charge in [-0.3, -0.25) is 0 Å². The van der Waals surface area contributed by atoms with Gasteiger partial charge < -0.3 is 5.32 Å². The van der Waals surface area contributed by atoms with Crippen LogP contribution in [0.1, 0.15) is 42.8 Å². The highest BCUT2D eigenvalue weighted by atomic mass is 32.2. The third-order valence-corrected chi connectivity index (χ3v) is 4.58. The van der Waals surface area contributed by atoms with Crippen LogP contribution in [0.3, 0.4) is 0 Å². The van der Waals surface area contributed by atoms with Crippen molar-refractivity contribution in [1.82, 2.24) is 10.3 Å². The van der Waals surface area contributed by atoms with Gasteiger partial charge in [-0.25, -0.2) is 4.98 Å². The van der Waals surface area contributed by atoms with Crippen molar-refractivity contribution in [3.05, 3.63) is 16.1 Å². The molecule has 0 bridgehead atoms. The van der Waals surface area contributed by atoms with E-state index in [0.717, 1.165) is 12.5 Å². The van der Waals surface area contributed by atoms with E-state index in [0.29, 0.717) is 6.04 Å². The highest BCUT2D eigenvalue weighted by molar-refractivity contribution is 7.98. The number of rotatable bonds is 7. The second-order valence-corrected chi connectivity index (χ2v) is 6.39. The van der Waals surface area contributed by atoms with E-state index in [4.69, 9.17) is 0 Å². The van der Waals surface area contributed by atoms with E-state index in [9.17, 15) is 0 Å². The molecule has 1 unspecified atom stereocenters. The number of nitrogens with one attached hydrogen (secondary N) is 1. The molecule has 1 aliphatic rings. The van der Waals surface area contributed by atoms with Gasteiger partial charge in [-0.15, -0.1) is 11.3 Å². The van der Waals surface area contributed by atoms with Gasteiger partial charge in [0.25, 0.3) is 0 Å². The van der Waals surface area contributed by atoms with Gasteiger partial charge in [-0.1, -0.05) is 0 Å². The molecule has 1 aromatic rings. The van der Waals surface area contributed by atoms with Crippen LogP contribution in [0.15, 0.2) is 5.38 Å². The molecule has 1 saturated carbocycles. The summed E-state index contributed by atoms with van der Waals surface area (Å²) in [5.41, 5.74) is 1.22. The van der Waals surface area contributed by atoms with Gasteiger partial charge in [-0.05, 0) is 38.2 Å².